The fraction of sp³-hybridized carbons (Fsp3) is 0.267. The number of carbonyl (C=O) groups is 2. The van der Waals surface area contributed by atoms with Crippen LogP contribution in [0.25, 0.3) is 0 Å². The maximum atomic E-state index is 12.5. The predicted molar refractivity (Wildman–Crippen MR) is 87.1 cm³/mol. The lowest BCUT2D eigenvalue weighted by molar-refractivity contribution is -0.118. The molecule has 1 aliphatic rings. The Morgan fingerprint density at radius 3 is 3.05 bits per heavy atom. The molecule has 2 heterocycles. The monoisotopic (exact) mass is 334 g/mol. The first-order chi connectivity index (χ1) is 10.5. The van der Waals surface area contributed by atoms with Gasteiger partial charge < -0.3 is 10.1 Å². The third-order valence-corrected chi connectivity index (χ3v) is 5.33. The third kappa shape index (κ3) is 3.15. The van der Waals surface area contributed by atoms with Gasteiger partial charge >= 0.3 is 0 Å². The van der Waals surface area contributed by atoms with Crippen LogP contribution in [-0.2, 0) is 4.79 Å². The predicted octanol–water partition coefficient (Wildman–Crippen LogP) is 3.15. The molecule has 114 valence electrons. The zero-order chi connectivity index (χ0) is 15.7. The van der Waals surface area contributed by atoms with Gasteiger partial charge in [-0.1, -0.05) is 11.8 Å². The van der Waals surface area contributed by atoms with Gasteiger partial charge in [0.2, 0.25) is 0 Å². The van der Waals surface area contributed by atoms with Crippen molar-refractivity contribution in [2.45, 2.75) is 23.4 Å². The Labute approximate surface area is 136 Å². The molecule has 0 saturated heterocycles. The van der Waals surface area contributed by atoms with Crippen molar-refractivity contribution in [3.8, 4) is 5.75 Å². The van der Waals surface area contributed by atoms with Crippen LogP contribution in [0.2, 0.25) is 0 Å². The van der Waals surface area contributed by atoms with Gasteiger partial charge in [-0.25, -0.2) is 4.98 Å². The van der Waals surface area contributed by atoms with E-state index in [1.54, 1.807) is 18.2 Å². The first-order valence-electron chi connectivity index (χ1n) is 6.72. The van der Waals surface area contributed by atoms with E-state index in [9.17, 15) is 9.59 Å². The van der Waals surface area contributed by atoms with Crippen molar-refractivity contribution in [2.75, 3.05) is 11.9 Å². The van der Waals surface area contributed by atoms with Gasteiger partial charge in [-0.3, -0.25) is 9.59 Å². The molecule has 22 heavy (non-hydrogen) atoms. The van der Waals surface area contributed by atoms with Crippen LogP contribution < -0.4 is 10.1 Å². The standard InChI is InChI=1S/C15H14N2O3S2/c1-8-7-21-15(16-8)22-9(2)14(19)10-3-4-12-11(5-10)17-13(18)6-20-12/h3-5,7,9H,6H2,1-2H3,(H,17,18)/t9-/m1/s1. The molecule has 2 aromatic rings. The minimum atomic E-state index is -0.246. The molecule has 0 aliphatic carbocycles. The number of anilines is 1. The van der Waals surface area contributed by atoms with Crippen LogP contribution in [0.15, 0.2) is 27.9 Å². The molecule has 0 fully saturated rings. The Hall–Kier alpha value is -1.86. The molecular formula is C15H14N2O3S2. The number of thioether (sulfide) groups is 1. The number of carbonyl (C=O) groups excluding carboxylic acids is 2. The molecule has 3 rings (SSSR count). The Bertz CT molecular complexity index is 742. The minimum absolute atomic E-state index is 0.000440. The third-order valence-electron chi connectivity index (χ3n) is 3.14. The van der Waals surface area contributed by atoms with E-state index in [2.05, 4.69) is 10.3 Å². The van der Waals surface area contributed by atoms with Gasteiger partial charge in [-0.15, -0.1) is 11.3 Å². The van der Waals surface area contributed by atoms with Crippen molar-refractivity contribution in [2.24, 2.45) is 0 Å². The topological polar surface area (TPSA) is 68.3 Å². The fourth-order valence-corrected chi connectivity index (χ4v) is 4.12. The SMILES string of the molecule is Cc1csc(S[C@H](C)C(=O)c2ccc3c(c2)NC(=O)CO3)n1. The second kappa shape index (κ2) is 6.10. The lowest BCUT2D eigenvalue weighted by Crippen LogP contribution is -2.25. The summed E-state index contributed by atoms with van der Waals surface area (Å²) in [6.45, 7) is 3.80. The lowest BCUT2D eigenvalue weighted by atomic mass is 10.1. The summed E-state index contributed by atoms with van der Waals surface area (Å²) in [4.78, 5) is 28.2. The van der Waals surface area contributed by atoms with Gasteiger partial charge in [-0.05, 0) is 32.0 Å². The van der Waals surface area contributed by atoms with E-state index >= 15 is 0 Å². The molecule has 0 unspecified atom stereocenters. The molecule has 7 heteroatoms. The quantitative estimate of drug-likeness (QED) is 0.687. The van der Waals surface area contributed by atoms with Gasteiger partial charge in [0.05, 0.1) is 10.9 Å². The molecule has 0 bridgehead atoms. The lowest BCUT2D eigenvalue weighted by Gasteiger charge is -2.18. The molecule has 1 aromatic carbocycles. The van der Waals surface area contributed by atoms with Crippen LogP contribution >= 0.6 is 23.1 Å². The second-order valence-corrected chi connectivity index (χ2v) is 7.37. The number of fused-ring (bicyclic) bond motifs is 1. The fourth-order valence-electron chi connectivity index (χ4n) is 2.06. The zero-order valence-corrected chi connectivity index (χ0v) is 13.7. The summed E-state index contributed by atoms with van der Waals surface area (Å²) >= 11 is 2.98. The molecule has 0 saturated carbocycles. The minimum Gasteiger partial charge on any atom is -0.482 e. The van der Waals surface area contributed by atoms with Gasteiger partial charge in [-0.2, -0.15) is 0 Å². The highest BCUT2D eigenvalue weighted by Crippen LogP contribution is 2.32. The van der Waals surface area contributed by atoms with Crippen LogP contribution in [0.4, 0.5) is 5.69 Å². The Balaban J connectivity index is 1.77. The second-order valence-electron chi connectivity index (χ2n) is 4.93. The number of hydrogen-bond donors (Lipinski definition) is 1. The number of ether oxygens (including phenoxy) is 1. The molecule has 1 aliphatic heterocycles. The molecule has 1 atom stereocenters. The summed E-state index contributed by atoms with van der Waals surface area (Å²) in [6.07, 6.45) is 0. The van der Waals surface area contributed by atoms with Crippen molar-refractivity contribution >= 4 is 40.5 Å². The number of thiazole rings is 1. The molecule has 1 aromatic heterocycles. The number of hydrogen-bond acceptors (Lipinski definition) is 6. The van der Waals surface area contributed by atoms with Crippen LogP contribution in [0.1, 0.15) is 23.0 Å². The molecule has 1 N–H and O–H groups in total. The highest BCUT2D eigenvalue weighted by molar-refractivity contribution is 8.02. The number of rotatable bonds is 4. The van der Waals surface area contributed by atoms with Crippen molar-refractivity contribution in [1.82, 2.24) is 4.98 Å². The molecule has 5 nitrogen and oxygen atoms in total. The number of nitrogens with one attached hydrogen (secondary N) is 1. The summed E-state index contributed by atoms with van der Waals surface area (Å²) in [5, 5.41) is 4.43. The van der Waals surface area contributed by atoms with E-state index in [0.29, 0.717) is 17.0 Å². The molecule has 1 amide bonds. The zero-order valence-electron chi connectivity index (χ0n) is 12.1. The largest absolute Gasteiger partial charge is 0.482 e. The van der Waals surface area contributed by atoms with E-state index in [-0.39, 0.29) is 23.5 Å². The summed E-state index contributed by atoms with van der Waals surface area (Å²) in [6, 6.07) is 5.11. The van der Waals surface area contributed by atoms with Crippen molar-refractivity contribution in [3.05, 3.63) is 34.8 Å². The number of ketones is 1. The summed E-state index contributed by atoms with van der Waals surface area (Å²) in [5.41, 5.74) is 2.06. The normalized spacial score (nSPS) is 14.7. The van der Waals surface area contributed by atoms with Gasteiger partial charge in [0, 0.05) is 16.6 Å². The van der Waals surface area contributed by atoms with E-state index < -0.39 is 0 Å². The van der Waals surface area contributed by atoms with Gasteiger partial charge in [0.15, 0.2) is 16.7 Å². The highest BCUT2D eigenvalue weighted by atomic mass is 32.2. The number of nitrogens with zero attached hydrogens (tertiary/aromatic N) is 1. The van der Waals surface area contributed by atoms with Crippen molar-refractivity contribution < 1.29 is 14.3 Å². The van der Waals surface area contributed by atoms with Crippen molar-refractivity contribution in [1.29, 1.82) is 0 Å². The van der Waals surface area contributed by atoms with Crippen LogP contribution in [0.5, 0.6) is 5.75 Å². The van der Waals surface area contributed by atoms with E-state index in [1.165, 1.54) is 23.1 Å². The number of aryl methyl sites for hydroxylation is 1. The average Bonchev–Trinajstić information content (AvgIpc) is 2.90. The summed E-state index contributed by atoms with van der Waals surface area (Å²) < 4.78 is 6.17. The number of Topliss-reactive ketones (excluding diaryl/α,β-unsaturated/α-hetero) is 1. The van der Waals surface area contributed by atoms with Crippen LogP contribution in [0, 0.1) is 6.92 Å². The maximum Gasteiger partial charge on any atom is 0.262 e. The van der Waals surface area contributed by atoms with Crippen molar-refractivity contribution in [3.63, 3.8) is 0 Å². The van der Waals surface area contributed by atoms with Crippen LogP contribution in [0.3, 0.4) is 0 Å². The average molecular weight is 334 g/mol. The molecule has 0 spiro atoms. The summed E-state index contributed by atoms with van der Waals surface area (Å²) in [7, 11) is 0. The molecular weight excluding hydrogens is 320 g/mol. The smallest absolute Gasteiger partial charge is 0.262 e. The Kier molecular flexibility index (Phi) is 4.17. The first kappa shape index (κ1) is 15.1. The number of benzene rings is 1. The summed E-state index contributed by atoms with van der Waals surface area (Å²) in [5.74, 6) is 0.380. The van der Waals surface area contributed by atoms with Gasteiger partial charge in [0.25, 0.3) is 5.91 Å². The number of aromatic nitrogens is 1. The van der Waals surface area contributed by atoms with E-state index in [0.717, 1.165) is 10.0 Å². The van der Waals surface area contributed by atoms with Crippen LogP contribution in [-0.4, -0.2) is 28.5 Å². The number of amides is 1. The van der Waals surface area contributed by atoms with E-state index in [4.69, 9.17) is 4.74 Å². The highest BCUT2D eigenvalue weighted by Gasteiger charge is 2.21. The first-order valence-corrected chi connectivity index (χ1v) is 8.48. The Morgan fingerprint density at radius 2 is 2.32 bits per heavy atom. The van der Waals surface area contributed by atoms with Gasteiger partial charge in [0.1, 0.15) is 5.75 Å². The van der Waals surface area contributed by atoms with E-state index in [1.807, 2.05) is 19.2 Å². The maximum absolute atomic E-state index is 12.5. The molecule has 0 radical (unpaired) electrons. The Morgan fingerprint density at radius 1 is 1.50 bits per heavy atom.